The van der Waals surface area contributed by atoms with Gasteiger partial charge >= 0.3 is 0 Å². The number of sulfonamides is 1. The van der Waals surface area contributed by atoms with Gasteiger partial charge in [-0.3, -0.25) is 9.10 Å². The zero-order valence-electron chi connectivity index (χ0n) is 22.0. The van der Waals surface area contributed by atoms with Gasteiger partial charge < -0.3 is 14.5 Å². The Kier molecular flexibility index (Phi) is 6.68. The maximum absolute atomic E-state index is 13.4. The second-order valence-corrected chi connectivity index (χ2v) is 12.7. The molecule has 8 nitrogen and oxygen atoms in total. The number of amides is 1. The highest BCUT2D eigenvalue weighted by Gasteiger charge is 2.30. The molecule has 0 saturated carbocycles. The standard InChI is InChI=1S/C29H30N4O4S2/c1-20-9-14-25(37-2)26-27(20)38-29(30-26)32-18-16-31(17-19-32)28(34)22-10-12-23(13-11-22)39(35,36)33-15-5-7-21-6-3-4-8-24(21)33/h3-4,6,8-14H,5,7,15-19H2,1-2H3. The molecule has 10 heteroatoms. The third-order valence-corrected chi connectivity index (χ3v) is 10.6. The van der Waals surface area contributed by atoms with Gasteiger partial charge in [0.1, 0.15) is 11.3 Å². The minimum absolute atomic E-state index is 0.0938. The van der Waals surface area contributed by atoms with Crippen molar-refractivity contribution >= 4 is 48.3 Å². The third-order valence-electron chi connectivity index (χ3n) is 7.51. The number of carbonyl (C=O) groups excluding carboxylic acids is 1. The number of piperazine rings is 1. The van der Waals surface area contributed by atoms with Crippen molar-refractivity contribution in [2.75, 3.05) is 49.0 Å². The number of ether oxygens (including phenoxy) is 1. The Balaban J connectivity index is 1.14. The number of fused-ring (bicyclic) bond motifs is 2. The van der Waals surface area contributed by atoms with Crippen molar-refractivity contribution in [3.8, 4) is 5.75 Å². The third kappa shape index (κ3) is 4.61. The molecule has 2 aliphatic rings. The van der Waals surface area contributed by atoms with E-state index in [-0.39, 0.29) is 10.8 Å². The van der Waals surface area contributed by atoms with Gasteiger partial charge in [0.15, 0.2) is 5.13 Å². The molecule has 0 spiro atoms. The first-order valence-corrected chi connectivity index (χ1v) is 15.3. The molecular weight excluding hydrogens is 532 g/mol. The zero-order valence-corrected chi connectivity index (χ0v) is 23.6. The van der Waals surface area contributed by atoms with Crippen LogP contribution in [0, 0.1) is 6.92 Å². The second kappa shape index (κ2) is 10.2. The van der Waals surface area contributed by atoms with Gasteiger partial charge in [-0.15, -0.1) is 0 Å². The van der Waals surface area contributed by atoms with E-state index in [9.17, 15) is 13.2 Å². The minimum atomic E-state index is -3.71. The van der Waals surface area contributed by atoms with Crippen LogP contribution in [0.2, 0.25) is 0 Å². The van der Waals surface area contributed by atoms with Gasteiger partial charge in [0, 0.05) is 38.3 Å². The monoisotopic (exact) mass is 562 g/mol. The molecule has 1 amide bonds. The number of nitrogens with zero attached hydrogens (tertiary/aromatic N) is 4. The molecule has 1 fully saturated rings. The van der Waals surface area contributed by atoms with Gasteiger partial charge in [-0.1, -0.05) is 35.6 Å². The Morgan fingerprint density at radius 3 is 2.44 bits per heavy atom. The lowest BCUT2D eigenvalue weighted by Gasteiger charge is -2.34. The van der Waals surface area contributed by atoms with E-state index in [4.69, 9.17) is 9.72 Å². The van der Waals surface area contributed by atoms with Crippen LogP contribution in [0.15, 0.2) is 65.6 Å². The quantitative estimate of drug-likeness (QED) is 0.350. The molecule has 0 aliphatic carbocycles. The molecule has 2 aliphatic heterocycles. The molecule has 0 radical (unpaired) electrons. The van der Waals surface area contributed by atoms with Gasteiger partial charge in [-0.2, -0.15) is 0 Å². The van der Waals surface area contributed by atoms with Crippen molar-refractivity contribution in [1.29, 1.82) is 0 Å². The number of anilines is 2. The van der Waals surface area contributed by atoms with Crippen LogP contribution in [0.3, 0.4) is 0 Å². The van der Waals surface area contributed by atoms with E-state index in [1.165, 1.54) is 9.87 Å². The van der Waals surface area contributed by atoms with Crippen LogP contribution in [0.25, 0.3) is 10.2 Å². The Labute approximate surface area is 232 Å². The van der Waals surface area contributed by atoms with Gasteiger partial charge in [0.05, 0.1) is 22.4 Å². The van der Waals surface area contributed by atoms with E-state index in [2.05, 4.69) is 11.8 Å². The van der Waals surface area contributed by atoms with E-state index in [0.29, 0.717) is 38.3 Å². The topological polar surface area (TPSA) is 83.0 Å². The molecule has 0 unspecified atom stereocenters. The summed E-state index contributed by atoms with van der Waals surface area (Å²) in [6.45, 7) is 5.00. The van der Waals surface area contributed by atoms with Crippen molar-refractivity contribution in [1.82, 2.24) is 9.88 Å². The molecular formula is C29H30N4O4S2. The molecule has 0 atom stereocenters. The number of aryl methyl sites for hydroxylation is 2. The van der Waals surface area contributed by atoms with Crippen LogP contribution in [0.1, 0.15) is 27.9 Å². The first-order valence-electron chi connectivity index (χ1n) is 13.1. The number of aromatic nitrogens is 1. The van der Waals surface area contributed by atoms with Crippen molar-refractivity contribution < 1.29 is 17.9 Å². The number of carbonyl (C=O) groups is 1. The summed E-state index contributed by atoms with van der Waals surface area (Å²) in [6.07, 6.45) is 1.65. The van der Waals surface area contributed by atoms with Crippen LogP contribution in [-0.4, -0.2) is 64.0 Å². The molecule has 0 bridgehead atoms. The summed E-state index contributed by atoms with van der Waals surface area (Å²) in [5.41, 5.74) is 4.31. The average molecular weight is 563 g/mol. The lowest BCUT2D eigenvalue weighted by atomic mass is 10.0. The van der Waals surface area contributed by atoms with Crippen molar-refractivity contribution in [3.63, 3.8) is 0 Å². The summed E-state index contributed by atoms with van der Waals surface area (Å²) in [5, 5.41) is 0.929. The Morgan fingerprint density at radius 2 is 1.69 bits per heavy atom. The minimum Gasteiger partial charge on any atom is -0.494 e. The average Bonchev–Trinajstić information content (AvgIpc) is 3.43. The predicted octanol–water partition coefficient (Wildman–Crippen LogP) is 4.72. The molecule has 1 aromatic heterocycles. The van der Waals surface area contributed by atoms with Crippen LogP contribution in [0.4, 0.5) is 10.8 Å². The maximum atomic E-state index is 13.4. The Hall–Kier alpha value is -3.63. The number of hydrogen-bond donors (Lipinski definition) is 0. The first-order chi connectivity index (χ1) is 18.9. The van der Waals surface area contributed by atoms with E-state index in [0.717, 1.165) is 45.2 Å². The van der Waals surface area contributed by atoms with Crippen LogP contribution in [0.5, 0.6) is 5.75 Å². The van der Waals surface area contributed by atoms with E-state index in [1.807, 2.05) is 41.3 Å². The second-order valence-electron chi connectivity index (χ2n) is 9.87. The fourth-order valence-electron chi connectivity index (χ4n) is 5.33. The molecule has 6 rings (SSSR count). The Bertz CT molecular complexity index is 1640. The van der Waals surface area contributed by atoms with Crippen molar-refractivity contribution in [2.45, 2.75) is 24.7 Å². The summed E-state index contributed by atoms with van der Waals surface area (Å²) >= 11 is 1.65. The van der Waals surface area contributed by atoms with Crippen LogP contribution in [-0.2, 0) is 16.4 Å². The predicted molar refractivity (Wildman–Crippen MR) is 155 cm³/mol. The summed E-state index contributed by atoms with van der Waals surface area (Å²) < 4.78 is 35.0. The maximum Gasteiger partial charge on any atom is 0.264 e. The highest BCUT2D eigenvalue weighted by atomic mass is 32.2. The SMILES string of the molecule is COc1ccc(C)c2sc(N3CCN(C(=O)c4ccc(S(=O)(=O)N5CCCc6ccccc65)cc4)CC3)nc12. The number of rotatable bonds is 5. The van der Waals surface area contributed by atoms with Crippen LogP contribution >= 0.6 is 11.3 Å². The molecule has 0 N–H and O–H groups in total. The van der Waals surface area contributed by atoms with Crippen molar-refractivity contribution in [3.05, 3.63) is 77.4 Å². The number of hydrogen-bond acceptors (Lipinski definition) is 7. The van der Waals surface area contributed by atoms with Gasteiger partial charge in [0.25, 0.3) is 15.9 Å². The number of benzene rings is 3. The normalized spacial score (nSPS) is 15.9. The van der Waals surface area contributed by atoms with E-state index < -0.39 is 10.0 Å². The lowest BCUT2D eigenvalue weighted by Crippen LogP contribution is -2.48. The number of thiazole rings is 1. The number of para-hydroxylation sites is 1. The molecule has 1 saturated heterocycles. The van der Waals surface area contributed by atoms with Gasteiger partial charge in [-0.25, -0.2) is 13.4 Å². The molecule has 3 aromatic carbocycles. The van der Waals surface area contributed by atoms with E-state index in [1.54, 1.807) is 42.7 Å². The summed E-state index contributed by atoms with van der Waals surface area (Å²) in [6, 6.07) is 18.0. The van der Waals surface area contributed by atoms with Crippen LogP contribution < -0.4 is 13.9 Å². The van der Waals surface area contributed by atoms with Gasteiger partial charge in [0.2, 0.25) is 0 Å². The molecule has 39 heavy (non-hydrogen) atoms. The molecule has 3 heterocycles. The smallest absolute Gasteiger partial charge is 0.264 e. The molecule has 202 valence electrons. The summed E-state index contributed by atoms with van der Waals surface area (Å²) in [5.74, 6) is 0.672. The fourth-order valence-corrected chi connectivity index (χ4v) is 7.97. The number of methoxy groups -OCH3 is 1. The zero-order chi connectivity index (χ0) is 27.1. The highest BCUT2D eigenvalue weighted by Crippen LogP contribution is 2.37. The lowest BCUT2D eigenvalue weighted by molar-refractivity contribution is 0.0746. The summed E-state index contributed by atoms with van der Waals surface area (Å²) in [4.78, 5) is 22.3. The Morgan fingerprint density at radius 1 is 0.949 bits per heavy atom. The largest absolute Gasteiger partial charge is 0.494 e. The summed E-state index contributed by atoms with van der Waals surface area (Å²) in [7, 11) is -2.06. The molecule has 4 aromatic rings. The van der Waals surface area contributed by atoms with Crippen molar-refractivity contribution in [2.24, 2.45) is 0 Å². The highest BCUT2D eigenvalue weighted by molar-refractivity contribution is 7.92. The fraction of sp³-hybridized carbons (Fsp3) is 0.310. The van der Waals surface area contributed by atoms with E-state index >= 15 is 0 Å². The first kappa shape index (κ1) is 25.6. The van der Waals surface area contributed by atoms with Gasteiger partial charge in [-0.05, 0) is 67.3 Å².